The zero-order chi connectivity index (χ0) is 24.3. The van der Waals surface area contributed by atoms with Gasteiger partial charge in [0.2, 0.25) is 0 Å². The maximum atomic E-state index is 11.0. The molecule has 0 unspecified atom stereocenters. The van der Waals surface area contributed by atoms with Crippen LogP contribution in [0.5, 0.6) is 0 Å². The number of rotatable bonds is 9. The Bertz CT molecular complexity index is 590. The van der Waals surface area contributed by atoms with Crippen molar-refractivity contribution in [2.45, 2.75) is 99.7 Å². The number of carbonyl (C=O) groups is 1. The molecule has 14 nitrogen and oxygen atoms in total. The summed E-state index contributed by atoms with van der Waals surface area (Å²) in [6.45, 7) is 1.77. The molecule has 0 aromatic carbocycles. The summed E-state index contributed by atoms with van der Waals surface area (Å²) in [6.07, 6.45) is -22.6. The molecule has 0 aromatic rings. The highest BCUT2D eigenvalue weighted by Crippen LogP contribution is 2.30. The van der Waals surface area contributed by atoms with Gasteiger partial charge in [0.15, 0.2) is 18.9 Å². The number of carbonyl (C=O) groups excluding carboxylic acids is 1. The van der Waals surface area contributed by atoms with Gasteiger partial charge in [0.25, 0.3) is 0 Å². The van der Waals surface area contributed by atoms with E-state index in [-0.39, 0.29) is 6.29 Å². The Kier molecular flexibility index (Phi) is 9.87. The van der Waals surface area contributed by atoms with Crippen molar-refractivity contribution in [2.75, 3.05) is 6.61 Å². The molecule has 0 bridgehead atoms. The molecule has 14 atom stereocenters. The molecule has 32 heavy (non-hydrogen) atoms. The number of ether oxygens (including phenoxy) is 4. The summed E-state index contributed by atoms with van der Waals surface area (Å²) in [4.78, 5) is 11.0. The molecule has 0 aliphatic carbocycles. The standard InChI is InChI=1S/C18H32O14/c1-5(21)9(23)15(7(22)3-19)31-18-14(28)12(26)16(8(4-20)30-18)32-17-13(27)11(25)10(24)6(2)29-17/h3,5-18,20-28H,4H2,1-2H3/t5-,6-,7-,8+,9-,10-,11+,12+,13+,14+,15-,16+,17+,18-/m0/s1. The van der Waals surface area contributed by atoms with Crippen molar-refractivity contribution in [1.29, 1.82) is 0 Å². The molecule has 2 aliphatic heterocycles. The molecule has 2 heterocycles. The molecule has 0 saturated carbocycles. The average Bonchev–Trinajstić information content (AvgIpc) is 2.77. The fourth-order valence-corrected chi connectivity index (χ4v) is 3.48. The largest absolute Gasteiger partial charge is 0.394 e. The minimum atomic E-state index is -1.92. The van der Waals surface area contributed by atoms with E-state index in [9.17, 15) is 50.8 Å². The highest BCUT2D eigenvalue weighted by atomic mass is 16.7. The fourth-order valence-electron chi connectivity index (χ4n) is 3.48. The smallest absolute Gasteiger partial charge is 0.187 e. The second-order valence-electron chi connectivity index (χ2n) is 7.95. The summed E-state index contributed by atoms with van der Waals surface area (Å²) in [5.41, 5.74) is 0. The lowest BCUT2D eigenvalue weighted by Crippen LogP contribution is -2.65. The first kappa shape index (κ1) is 27.4. The lowest BCUT2D eigenvalue weighted by molar-refractivity contribution is -0.364. The summed E-state index contributed by atoms with van der Waals surface area (Å²) in [6, 6.07) is 0. The first-order chi connectivity index (χ1) is 14.9. The fraction of sp³-hybridized carbons (Fsp3) is 0.944. The molecule has 2 saturated heterocycles. The van der Waals surface area contributed by atoms with Crippen LogP contribution in [0.15, 0.2) is 0 Å². The zero-order valence-corrected chi connectivity index (χ0v) is 17.4. The highest BCUT2D eigenvalue weighted by molar-refractivity contribution is 5.56. The van der Waals surface area contributed by atoms with E-state index in [0.717, 1.165) is 6.92 Å². The molecule has 2 rings (SSSR count). The van der Waals surface area contributed by atoms with Crippen LogP contribution >= 0.6 is 0 Å². The molecule has 0 spiro atoms. The molecule has 9 N–H and O–H groups in total. The van der Waals surface area contributed by atoms with Gasteiger partial charge >= 0.3 is 0 Å². The third-order valence-corrected chi connectivity index (χ3v) is 5.52. The maximum Gasteiger partial charge on any atom is 0.187 e. The van der Waals surface area contributed by atoms with Crippen LogP contribution in [0, 0.1) is 0 Å². The van der Waals surface area contributed by atoms with Crippen molar-refractivity contribution in [3.05, 3.63) is 0 Å². The second kappa shape index (κ2) is 11.5. The van der Waals surface area contributed by atoms with E-state index in [1.807, 2.05) is 0 Å². The predicted molar refractivity (Wildman–Crippen MR) is 99.6 cm³/mol. The summed E-state index contributed by atoms with van der Waals surface area (Å²) in [5, 5.41) is 89.7. The van der Waals surface area contributed by atoms with Gasteiger partial charge in [-0.05, 0) is 13.8 Å². The Labute approximate surface area is 183 Å². The number of aliphatic hydroxyl groups is 9. The monoisotopic (exact) mass is 472 g/mol. The lowest BCUT2D eigenvalue weighted by Gasteiger charge is -2.46. The van der Waals surface area contributed by atoms with Gasteiger partial charge in [0.05, 0.1) is 18.8 Å². The molecule has 0 radical (unpaired) electrons. The van der Waals surface area contributed by atoms with Crippen molar-refractivity contribution in [2.24, 2.45) is 0 Å². The van der Waals surface area contributed by atoms with Crippen molar-refractivity contribution in [3.63, 3.8) is 0 Å². The van der Waals surface area contributed by atoms with E-state index < -0.39 is 92.4 Å². The Morgan fingerprint density at radius 1 is 0.906 bits per heavy atom. The van der Waals surface area contributed by atoms with Crippen LogP contribution in [-0.4, -0.2) is 145 Å². The molecular formula is C18H32O14. The molecular weight excluding hydrogens is 440 g/mol. The van der Waals surface area contributed by atoms with Crippen LogP contribution in [0.2, 0.25) is 0 Å². The Morgan fingerprint density at radius 2 is 1.50 bits per heavy atom. The van der Waals surface area contributed by atoms with Crippen LogP contribution in [0.25, 0.3) is 0 Å². The molecule has 188 valence electrons. The van der Waals surface area contributed by atoms with Gasteiger partial charge in [-0.2, -0.15) is 0 Å². The number of hydrogen-bond acceptors (Lipinski definition) is 14. The van der Waals surface area contributed by atoms with Gasteiger partial charge in [0, 0.05) is 0 Å². The molecule has 0 aromatic heterocycles. The Balaban J connectivity index is 2.15. The summed E-state index contributed by atoms with van der Waals surface area (Å²) < 4.78 is 21.3. The normalized spacial score (nSPS) is 44.5. The van der Waals surface area contributed by atoms with Crippen molar-refractivity contribution in [3.8, 4) is 0 Å². The summed E-state index contributed by atoms with van der Waals surface area (Å²) in [7, 11) is 0. The quantitative estimate of drug-likeness (QED) is 0.142. The SMILES string of the molecule is C[C@H](O)[C@H](O)[C@@H](O[C@@H]1O[C@H](CO)[C@@H](O[C@H]2O[C@@H](C)[C@H](O)[C@@H](O)[C@H]2O)[C@H](O)[C@H]1O)[C@@H](O)C=O. The summed E-state index contributed by atoms with van der Waals surface area (Å²) >= 11 is 0. The number of aldehydes is 1. The minimum Gasteiger partial charge on any atom is -0.394 e. The molecule has 2 aliphatic rings. The first-order valence-corrected chi connectivity index (χ1v) is 10.1. The number of hydrogen-bond donors (Lipinski definition) is 9. The van der Waals surface area contributed by atoms with Gasteiger partial charge in [-0.15, -0.1) is 0 Å². The van der Waals surface area contributed by atoms with Crippen LogP contribution in [-0.2, 0) is 23.7 Å². The summed E-state index contributed by atoms with van der Waals surface area (Å²) in [5.74, 6) is 0. The predicted octanol–water partition coefficient (Wildman–Crippen LogP) is -5.68. The third kappa shape index (κ3) is 5.79. The Morgan fingerprint density at radius 3 is 2.03 bits per heavy atom. The molecule has 2 fully saturated rings. The van der Waals surface area contributed by atoms with Crippen molar-refractivity contribution >= 4 is 6.29 Å². The van der Waals surface area contributed by atoms with Gasteiger partial charge in [-0.1, -0.05) is 0 Å². The van der Waals surface area contributed by atoms with E-state index in [2.05, 4.69) is 0 Å². The van der Waals surface area contributed by atoms with Gasteiger partial charge in [-0.3, -0.25) is 0 Å². The van der Waals surface area contributed by atoms with Gasteiger partial charge in [0.1, 0.15) is 61.0 Å². The van der Waals surface area contributed by atoms with Crippen molar-refractivity contribution in [1.82, 2.24) is 0 Å². The van der Waals surface area contributed by atoms with Crippen LogP contribution < -0.4 is 0 Å². The topological polar surface area (TPSA) is 236 Å². The van der Waals surface area contributed by atoms with Gasteiger partial charge < -0.3 is 69.7 Å². The maximum absolute atomic E-state index is 11.0. The lowest BCUT2D eigenvalue weighted by atomic mass is 9.97. The van der Waals surface area contributed by atoms with Crippen molar-refractivity contribution < 1.29 is 69.7 Å². The van der Waals surface area contributed by atoms with Crippen LogP contribution in [0.1, 0.15) is 13.8 Å². The van der Waals surface area contributed by atoms with E-state index in [0.29, 0.717) is 0 Å². The molecule has 14 heteroatoms. The highest BCUT2D eigenvalue weighted by Gasteiger charge is 2.51. The van der Waals surface area contributed by atoms with E-state index in [1.54, 1.807) is 0 Å². The average molecular weight is 472 g/mol. The van der Waals surface area contributed by atoms with Crippen LogP contribution in [0.4, 0.5) is 0 Å². The van der Waals surface area contributed by atoms with Crippen LogP contribution in [0.3, 0.4) is 0 Å². The zero-order valence-electron chi connectivity index (χ0n) is 17.4. The number of aliphatic hydroxyl groups excluding tert-OH is 9. The van der Waals surface area contributed by atoms with E-state index >= 15 is 0 Å². The van der Waals surface area contributed by atoms with Gasteiger partial charge in [-0.25, -0.2) is 0 Å². The van der Waals surface area contributed by atoms with E-state index in [4.69, 9.17) is 18.9 Å². The Hall–Kier alpha value is -0.850. The molecule has 0 amide bonds. The first-order valence-electron chi connectivity index (χ1n) is 10.1. The van der Waals surface area contributed by atoms with E-state index in [1.165, 1.54) is 6.92 Å². The third-order valence-electron chi connectivity index (χ3n) is 5.52. The second-order valence-corrected chi connectivity index (χ2v) is 7.95. The minimum absolute atomic E-state index is 0.0278.